The number of hydrogen-bond donors (Lipinski definition) is 0. The minimum absolute atomic E-state index is 0.248. The monoisotopic (exact) mass is 337 g/mol. The quantitative estimate of drug-likeness (QED) is 0.730. The van der Waals surface area contributed by atoms with Crippen LogP contribution in [0.4, 0.5) is 0 Å². The van der Waals surface area contributed by atoms with E-state index in [1.54, 1.807) is 6.92 Å². The number of morpholine rings is 1. The van der Waals surface area contributed by atoms with E-state index in [-0.39, 0.29) is 5.91 Å². The summed E-state index contributed by atoms with van der Waals surface area (Å²) in [5.41, 5.74) is 0. The molecule has 0 radical (unpaired) electrons. The van der Waals surface area contributed by atoms with Crippen molar-refractivity contribution in [1.29, 1.82) is 0 Å². The Labute approximate surface area is 142 Å². The first kappa shape index (κ1) is 17.3. The molecule has 134 valence electrons. The van der Waals surface area contributed by atoms with E-state index in [0.717, 1.165) is 45.0 Å². The number of rotatable bonds is 6. The van der Waals surface area contributed by atoms with Crippen LogP contribution in [0.2, 0.25) is 0 Å². The lowest BCUT2D eigenvalue weighted by Crippen LogP contribution is -2.42. The molecule has 3 heterocycles. The van der Waals surface area contributed by atoms with Crippen LogP contribution >= 0.6 is 0 Å². The summed E-state index contributed by atoms with van der Waals surface area (Å²) >= 11 is 0. The van der Waals surface area contributed by atoms with Crippen molar-refractivity contribution < 1.29 is 14.1 Å². The van der Waals surface area contributed by atoms with E-state index in [4.69, 9.17) is 9.26 Å². The molecule has 0 aromatic carbocycles. The Morgan fingerprint density at radius 2 is 2.12 bits per heavy atom. The standard InChI is InChI=1S/C16H27N5O3/c1-13-17-15(18-24-13)12-19(2)14-3-5-20(11-14)6-4-16(22)21-7-9-23-10-8-21/h14H,3-12H2,1-2H3/t14-/m1/s1. The molecule has 3 rings (SSSR count). The molecule has 8 nitrogen and oxygen atoms in total. The first-order chi connectivity index (χ1) is 11.6. The topological polar surface area (TPSA) is 74.9 Å². The Kier molecular flexibility index (Phi) is 5.80. The molecular weight excluding hydrogens is 310 g/mol. The van der Waals surface area contributed by atoms with Crippen molar-refractivity contribution in [1.82, 2.24) is 24.8 Å². The second kappa shape index (κ2) is 8.04. The second-order valence-electron chi connectivity index (χ2n) is 6.63. The fourth-order valence-electron chi connectivity index (χ4n) is 3.36. The third-order valence-electron chi connectivity index (χ3n) is 4.84. The maximum atomic E-state index is 12.2. The molecule has 0 spiro atoms. The summed E-state index contributed by atoms with van der Waals surface area (Å²) in [5, 5.41) is 3.96. The fraction of sp³-hybridized carbons (Fsp3) is 0.812. The first-order valence-electron chi connectivity index (χ1n) is 8.69. The van der Waals surface area contributed by atoms with Gasteiger partial charge in [-0.1, -0.05) is 5.16 Å². The number of amides is 1. The molecule has 0 saturated carbocycles. The number of carbonyl (C=O) groups is 1. The Bertz CT molecular complexity index is 544. The summed E-state index contributed by atoms with van der Waals surface area (Å²) in [6.45, 7) is 8.16. The smallest absolute Gasteiger partial charge is 0.224 e. The van der Waals surface area contributed by atoms with Gasteiger partial charge in [0, 0.05) is 45.6 Å². The zero-order valence-corrected chi connectivity index (χ0v) is 14.6. The molecule has 2 aliphatic rings. The molecule has 1 aromatic rings. The Balaban J connectivity index is 1.39. The summed E-state index contributed by atoms with van der Waals surface area (Å²) in [6.07, 6.45) is 1.71. The van der Waals surface area contributed by atoms with Gasteiger partial charge in [-0.3, -0.25) is 9.69 Å². The van der Waals surface area contributed by atoms with Gasteiger partial charge in [0.25, 0.3) is 0 Å². The van der Waals surface area contributed by atoms with Crippen LogP contribution in [0, 0.1) is 6.92 Å². The van der Waals surface area contributed by atoms with Gasteiger partial charge in [-0.2, -0.15) is 4.98 Å². The highest BCUT2D eigenvalue weighted by Gasteiger charge is 2.27. The summed E-state index contributed by atoms with van der Waals surface area (Å²) < 4.78 is 10.3. The maximum Gasteiger partial charge on any atom is 0.224 e. The lowest BCUT2D eigenvalue weighted by Gasteiger charge is -2.28. The van der Waals surface area contributed by atoms with Gasteiger partial charge in [-0.05, 0) is 20.0 Å². The summed E-state index contributed by atoms with van der Waals surface area (Å²) in [4.78, 5) is 23.0. The van der Waals surface area contributed by atoms with Crippen molar-refractivity contribution in [3.05, 3.63) is 11.7 Å². The Morgan fingerprint density at radius 1 is 1.33 bits per heavy atom. The average Bonchev–Trinajstić information content (AvgIpc) is 3.22. The van der Waals surface area contributed by atoms with Crippen LogP contribution < -0.4 is 0 Å². The van der Waals surface area contributed by atoms with Gasteiger partial charge in [0.05, 0.1) is 19.8 Å². The molecule has 0 N–H and O–H groups in total. The third kappa shape index (κ3) is 4.52. The normalized spacial score (nSPS) is 22.5. The van der Waals surface area contributed by atoms with Gasteiger partial charge in [-0.25, -0.2) is 0 Å². The van der Waals surface area contributed by atoms with Gasteiger partial charge in [0.1, 0.15) is 0 Å². The van der Waals surface area contributed by atoms with E-state index < -0.39 is 0 Å². The van der Waals surface area contributed by atoms with E-state index in [2.05, 4.69) is 27.0 Å². The van der Waals surface area contributed by atoms with Gasteiger partial charge in [0.2, 0.25) is 11.8 Å². The average molecular weight is 337 g/mol. The van der Waals surface area contributed by atoms with E-state index in [0.29, 0.717) is 38.1 Å². The summed E-state index contributed by atoms with van der Waals surface area (Å²) in [6, 6.07) is 0.474. The highest BCUT2D eigenvalue weighted by molar-refractivity contribution is 5.76. The molecule has 1 aromatic heterocycles. The van der Waals surface area contributed by atoms with E-state index >= 15 is 0 Å². The van der Waals surface area contributed by atoms with Crippen molar-refractivity contribution in [2.24, 2.45) is 0 Å². The van der Waals surface area contributed by atoms with Crippen molar-refractivity contribution in [2.45, 2.75) is 32.4 Å². The maximum absolute atomic E-state index is 12.2. The van der Waals surface area contributed by atoms with Crippen LogP contribution in [0.5, 0.6) is 0 Å². The zero-order valence-electron chi connectivity index (χ0n) is 14.6. The molecule has 1 amide bonds. The minimum atomic E-state index is 0.248. The molecule has 0 unspecified atom stereocenters. The second-order valence-corrected chi connectivity index (χ2v) is 6.63. The molecule has 1 atom stereocenters. The van der Waals surface area contributed by atoms with Crippen molar-refractivity contribution >= 4 is 5.91 Å². The van der Waals surface area contributed by atoms with Gasteiger partial charge < -0.3 is 19.1 Å². The van der Waals surface area contributed by atoms with E-state index in [1.807, 2.05) is 4.90 Å². The molecule has 8 heteroatoms. The van der Waals surface area contributed by atoms with Crippen LogP contribution in [-0.2, 0) is 16.1 Å². The van der Waals surface area contributed by atoms with Gasteiger partial charge >= 0.3 is 0 Å². The van der Waals surface area contributed by atoms with Gasteiger partial charge in [-0.15, -0.1) is 0 Å². The first-order valence-corrected chi connectivity index (χ1v) is 8.69. The Hall–Kier alpha value is -1.51. The molecular formula is C16H27N5O3. The fourth-order valence-corrected chi connectivity index (χ4v) is 3.36. The number of likely N-dealkylation sites (tertiary alicyclic amines) is 1. The van der Waals surface area contributed by atoms with Crippen molar-refractivity contribution in [3.8, 4) is 0 Å². The predicted octanol–water partition coefficient (Wildman–Crippen LogP) is 0.133. The zero-order chi connectivity index (χ0) is 16.9. The lowest BCUT2D eigenvalue weighted by atomic mass is 10.2. The third-order valence-corrected chi connectivity index (χ3v) is 4.84. The number of nitrogens with zero attached hydrogens (tertiary/aromatic N) is 5. The molecule has 2 fully saturated rings. The number of likely N-dealkylation sites (N-methyl/N-ethyl adjacent to an activating group) is 1. The van der Waals surface area contributed by atoms with Crippen LogP contribution in [-0.4, -0.2) is 89.8 Å². The van der Waals surface area contributed by atoms with Crippen LogP contribution in [0.3, 0.4) is 0 Å². The van der Waals surface area contributed by atoms with Crippen LogP contribution in [0.1, 0.15) is 24.6 Å². The number of ether oxygens (including phenoxy) is 1. The van der Waals surface area contributed by atoms with E-state index in [1.165, 1.54) is 0 Å². The summed E-state index contributed by atoms with van der Waals surface area (Å²) in [7, 11) is 2.10. The molecule has 0 bridgehead atoms. The predicted molar refractivity (Wildman–Crippen MR) is 87.4 cm³/mol. The number of hydrogen-bond acceptors (Lipinski definition) is 7. The van der Waals surface area contributed by atoms with Crippen molar-refractivity contribution in [2.75, 3.05) is 53.0 Å². The minimum Gasteiger partial charge on any atom is -0.378 e. The largest absolute Gasteiger partial charge is 0.378 e. The van der Waals surface area contributed by atoms with E-state index in [9.17, 15) is 4.79 Å². The highest BCUT2D eigenvalue weighted by atomic mass is 16.5. The van der Waals surface area contributed by atoms with Crippen LogP contribution in [0.15, 0.2) is 4.52 Å². The van der Waals surface area contributed by atoms with Crippen molar-refractivity contribution in [3.63, 3.8) is 0 Å². The van der Waals surface area contributed by atoms with Crippen LogP contribution in [0.25, 0.3) is 0 Å². The number of carbonyl (C=O) groups excluding carboxylic acids is 1. The number of aromatic nitrogens is 2. The molecule has 0 aliphatic carbocycles. The van der Waals surface area contributed by atoms with Gasteiger partial charge in [0.15, 0.2) is 5.82 Å². The summed E-state index contributed by atoms with van der Waals surface area (Å²) in [5.74, 6) is 1.58. The molecule has 2 saturated heterocycles. The Morgan fingerprint density at radius 3 is 2.83 bits per heavy atom. The number of aryl methyl sites for hydroxylation is 1. The molecule has 24 heavy (non-hydrogen) atoms. The highest BCUT2D eigenvalue weighted by Crippen LogP contribution is 2.16. The molecule has 2 aliphatic heterocycles. The lowest BCUT2D eigenvalue weighted by molar-refractivity contribution is -0.135. The SMILES string of the molecule is Cc1nc(CN(C)[C@@H]2CCN(CCC(=O)N3CCOCC3)C2)no1.